The summed E-state index contributed by atoms with van der Waals surface area (Å²) in [6.07, 6.45) is 0.0431. The first-order valence-corrected chi connectivity index (χ1v) is 6.00. The van der Waals surface area contributed by atoms with Crippen molar-refractivity contribution in [2.24, 2.45) is 11.7 Å². The number of nitrogens with two attached hydrogens (primary N) is 1. The Balaban J connectivity index is 2.18. The van der Waals surface area contributed by atoms with E-state index in [1.54, 1.807) is 0 Å². The highest BCUT2D eigenvalue weighted by Gasteiger charge is 2.18. The van der Waals surface area contributed by atoms with Gasteiger partial charge in [0, 0.05) is 5.56 Å². The van der Waals surface area contributed by atoms with E-state index in [0.717, 1.165) is 6.07 Å². The topological polar surface area (TPSA) is 64.9 Å². The Hall–Kier alpha value is -1.82. The number of aromatic nitrogens is 2. The second kappa shape index (κ2) is 5.44. The molecule has 0 amide bonds. The number of benzene rings is 1. The van der Waals surface area contributed by atoms with Gasteiger partial charge in [0.15, 0.2) is 17.5 Å². The predicted molar refractivity (Wildman–Crippen MR) is 65.2 cm³/mol. The molecule has 0 radical (unpaired) electrons. The zero-order valence-electron chi connectivity index (χ0n) is 10.7. The lowest BCUT2D eigenvalue weighted by molar-refractivity contribution is 0.366. The Kier molecular flexibility index (Phi) is 3.90. The maximum atomic E-state index is 13.5. The SMILES string of the molecule is CC(C)C(N)c1noc(Cc2cccc(F)c2F)n1. The van der Waals surface area contributed by atoms with Gasteiger partial charge in [-0.05, 0) is 12.0 Å². The quantitative estimate of drug-likeness (QED) is 0.924. The average molecular weight is 267 g/mol. The summed E-state index contributed by atoms with van der Waals surface area (Å²) in [6, 6.07) is 3.64. The molecule has 0 saturated heterocycles. The van der Waals surface area contributed by atoms with E-state index in [1.807, 2.05) is 13.8 Å². The number of hydrogen-bond donors (Lipinski definition) is 1. The summed E-state index contributed by atoms with van der Waals surface area (Å²) in [7, 11) is 0. The smallest absolute Gasteiger partial charge is 0.231 e. The molecule has 2 N–H and O–H groups in total. The van der Waals surface area contributed by atoms with Gasteiger partial charge < -0.3 is 10.3 Å². The average Bonchev–Trinajstić information content (AvgIpc) is 2.82. The molecule has 0 spiro atoms. The van der Waals surface area contributed by atoms with Crippen LogP contribution in [0.25, 0.3) is 0 Å². The van der Waals surface area contributed by atoms with Crippen LogP contribution >= 0.6 is 0 Å². The maximum absolute atomic E-state index is 13.5. The van der Waals surface area contributed by atoms with Crippen LogP contribution < -0.4 is 5.73 Å². The second-order valence-electron chi connectivity index (χ2n) is 4.71. The van der Waals surface area contributed by atoms with Gasteiger partial charge in [0.25, 0.3) is 0 Å². The van der Waals surface area contributed by atoms with Gasteiger partial charge in [0.05, 0.1) is 12.5 Å². The van der Waals surface area contributed by atoms with Crippen LogP contribution in [0.2, 0.25) is 0 Å². The number of nitrogens with zero attached hydrogens (tertiary/aromatic N) is 2. The van der Waals surface area contributed by atoms with E-state index in [0.29, 0.717) is 5.82 Å². The monoisotopic (exact) mass is 267 g/mol. The van der Waals surface area contributed by atoms with Gasteiger partial charge in [0.1, 0.15) is 0 Å². The van der Waals surface area contributed by atoms with E-state index in [-0.39, 0.29) is 29.8 Å². The Morgan fingerprint density at radius 1 is 1.32 bits per heavy atom. The molecule has 0 bridgehead atoms. The van der Waals surface area contributed by atoms with Gasteiger partial charge in [-0.25, -0.2) is 8.78 Å². The minimum absolute atomic E-state index is 0.0431. The highest BCUT2D eigenvalue weighted by Crippen LogP contribution is 2.18. The van der Waals surface area contributed by atoms with Crippen molar-refractivity contribution in [1.82, 2.24) is 10.1 Å². The fraction of sp³-hybridized carbons (Fsp3) is 0.385. The predicted octanol–water partition coefficient (Wildman–Crippen LogP) is 2.59. The standard InChI is InChI=1S/C13H15F2N3O/c1-7(2)12(16)13-17-10(19-18-13)6-8-4-3-5-9(14)11(8)15/h3-5,7,12H,6,16H2,1-2H3. The highest BCUT2D eigenvalue weighted by molar-refractivity contribution is 5.21. The third-order valence-electron chi connectivity index (χ3n) is 2.87. The van der Waals surface area contributed by atoms with E-state index in [2.05, 4.69) is 10.1 Å². The molecular weight excluding hydrogens is 252 g/mol. The molecule has 4 nitrogen and oxygen atoms in total. The zero-order chi connectivity index (χ0) is 14.0. The van der Waals surface area contributed by atoms with Crippen LogP contribution in [0.3, 0.4) is 0 Å². The molecule has 2 aromatic rings. The molecule has 6 heteroatoms. The summed E-state index contributed by atoms with van der Waals surface area (Å²) in [5, 5.41) is 3.76. The Bertz CT molecular complexity index is 569. The summed E-state index contributed by atoms with van der Waals surface area (Å²) >= 11 is 0. The van der Waals surface area contributed by atoms with Crippen LogP contribution in [0.1, 0.15) is 37.2 Å². The molecule has 1 unspecified atom stereocenters. The lowest BCUT2D eigenvalue weighted by atomic mass is 10.1. The first-order valence-electron chi connectivity index (χ1n) is 6.00. The van der Waals surface area contributed by atoms with Gasteiger partial charge in [-0.15, -0.1) is 0 Å². The van der Waals surface area contributed by atoms with Gasteiger partial charge in [0.2, 0.25) is 5.89 Å². The summed E-state index contributed by atoms with van der Waals surface area (Å²) in [6.45, 7) is 3.87. The van der Waals surface area contributed by atoms with Crippen LogP contribution in [0.15, 0.2) is 22.7 Å². The third kappa shape index (κ3) is 2.96. The van der Waals surface area contributed by atoms with Crippen molar-refractivity contribution in [3.63, 3.8) is 0 Å². The van der Waals surface area contributed by atoms with E-state index in [1.165, 1.54) is 12.1 Å². The lowest BCUT2D eigenvalue weighted by Crippen LogP contribution is -2.18. The Labute approximate surface area is 109 Å². The molecule has 102 valence electrons. The van der Waals surface area contributed by atoms with Crippen LogP contribution in [0.4, 0.5) is 8.78 Å². The van der Waals surface area contributed by atoms with Crippen LogP contribution in [0.5, 0.6) is 0 Å². The fourth-order valence-corrected chi connectivity index (χ4v) is 1.62. The first kappa shape index (κ1) is 13.6. The summed E-state index contributed by atoms with van der Waals surface area (Å²) < 4.78 is 31.6. The van der Waals surface area contributed by atoms with Crippen molar-refractivity contribution in [2.45, 2.75) is 26.3 Å². The Morgan fingerprint density at radius 3 is 2.74 bits per heavy atom. The molecule has 0 aliphatic carbocycles. The summed E-state index contributed by atoms with van der Waals surface area (Å²) in [5.74, 6) is -1.03. The molecule has 1 aromatic heterocycles. The summed E-state index contributed by atoms with van der Waals surface area (Å²) in [5.41, 5.74) is 6.05. The number of hydrogen-bond acceptors (Lipinski definition) is 4. The van der Waals surface area contributed by atoms with Crippen molar-refractivity contribution in [3.05, 3.63) is 47.1 Å². The molecule has 0 saturated carbocycles. The van der Waals surface area contributed by atoms with Crippen molar-refractivity contribution in [2.75, 3.05) is 0 Å². The van der Waals surface area contributed by atoms with Crippen molar-refractivity contribution < 1.29 is 13.3 Å². The highest BCUT2D eigenvalue weighted by atomic mass is 19.2. The Morgan fingerprint density at radius 2 is 2.05 bits per heavy atom. The largest absolute Gasteiger partial charge is 0.339 e. The minimum Gasteiger partial charge on any atom is -0.339 e. The van der Waals surface area contributed by atoms with E-state index in [4.69, 9.17) is 10.3 Å². The minimum atomic E-state index is -0.893. The van der Waals surface area contributed by atoms with Crippen molar-refractivity contribution in [1.29, 1.82) is 0 Å². The van der Waals surface area contributed by atoms with E-state index in [9.17, 15) is 8.78 Å². The third-order valence-corrected chi connectivity index (χ3v) is 2.87. The molecule has 2 rings (SSSR count). The molecular formula is C13H15F2N3O. The zero-order valence-corrected chi connectivity index (χ0v) is 10.7. The summed E-state index contributed by atoms with van der Waals surface area (Å²) in [4.78, 5) is 4.11. The molecule has 1 atom stereocenters. The van der Waals surface area contributed by atoms with Crippen molar-refractivity contribution >= 4 is 0 Å². The lowest BCUT2D eigenvalue weighted by Gasteiger charge is -2.09. The molecule has 19 heavy (non-hydrogen) atoms. The van der Waals surface area contributed by atoms with Crippen LogP contribution in [-0.2, 0) is 6.42 Å². The molecule has 1 aromatic carbocycles. The second-order valence-corrected chi connectivity index (χ2v) is 4.71. The molecule has 0 aliphatic rings. The number of rotatable bonds is 4. The van der Waals surface area contributed by atoms with Crippen molar-refractivity contribution in [3.8, 4) is 0 Å². The van der Waals surface area contributed by atoms with Gasteiger partial charge >= 0.3 is 0 Å². The normalized spacial score (nSPS) is 12.9. The molecule has 0 fully saturated rings. The van der Waals surface area contributed by atoms with Gasteiger partial charge in [-0.2, -0.15) is 4.98 Å². The maximum Gasteiger partial charge on any atom is 0.231 e. The van der Waals surface area contributed by atoms with Gasteiger partial charge in [-0.3, -0.25) is 0 Å². The van der Waals surface area contributed by atoms with E-state index >= 15 is 0 Å². The van der Waals surface area contributed by atoms with Crippen LogP contribution in [0, 0.1) is 17.6 Å². The van der Waals surface area contributed by atoms with E-state index < -0.39 is 11.6 Å². The van der Waals surface area contributed by atoms with Crippen LogP contribution in [-0.4, -0.2) is 10.1 Å². The molecule has 1 heterocycles. The number of halogens is 2. The molecule has 0 aliphatic heterocycles. The van der Waals surface area contributed by atoms with Gasteiger partial charge in [-0.1, -0.05) is 31.1 Å². The first-order chi connectivity index (χ1) is 8.99. The fourth-order valence-electron chi connectivity index (χ4n) is 1.62.